The molecule has 1 aliphatic carbocycles. The van der Waals surface area contributed by atoms with E-state index < -0.39 is 11.6 Å². The minimum atomic E-state index is -0.422. The fraction of sp³-hybridized carbons (Fsp3) is 0.222. The average molecular weight is 373 g/mol. The molecule has 0 fully saturated rings. The molecule has 0 N–H and O–H groups in total. The van der Waals surface area contributed by atoms with Gasteiger partial charge in [-0.25, -0.2) is 9.59 Å². The predicted octanol–water partition coefficient (Wildman–Crippen LogP) is 3.98. The van der Waals surface area contributed by atoms with Crippen LogP contribution in [0.25, 0.3) is 21.7 Å². The number of ether oxygens (including phenoxy) is 1. The molecule has 0 spiro atoms. The molecule has 0 saturated carbocycles. The monoisotopic (exact) mass is 372 g/mol. The summed E-state index contributed by atoms with van der Waals surface area (Å²) in [6, 6.07) is 7.21. The number of rotatable bonds is 1. The molecule has 4 rings (SSSR count). The Morgan fingerprint density at radius 3 is 2.74 bits per heavy atom. The minimum Gasteiger partial charge on any atom is -0.465 e. The van der Waals surface area contributed by atoms with E-state index in [2.05, 4.69) is 15.9 Å². The maximum Gasteiger partial charge on any atom is 0.344 e. The van der Waals surface area contributed by atoms with Gasteiger partial charge in [0.05, 0.1) is 18.1 Å². The molecule has 0 atom stereocenters. The van der Waals surface area contributed by atoms with Gasteiger partial charge in [-0.3, -0.25) is 0 Å². The Labute approximate surface area is 140 Å². The first-order valence-corrected chi connectivity index (χ1v) is 8.18. The molecule has 0 bridgehead atoms. The molecular weight excluding hydrogens is 360 g/mol. The number of methoxy groups -OCH3 is 1. The highest BCUT2D eigenvalue weighted by atomic mass is 79.9. The van der Waals surface area contributed by atoms with Crippen molar-refractivity contribution in [2.45, 2.75) is 19.3 Å². The minimum absolute atomic E-state index is 0.404. The standard InChI is InChI=1S/C18H13BrO4/c1-22-17(20)12-8-14-16(11-4-2-3-10(11)12)13-7-9(19)5-6-15(13)23-18(14)21/h5-8H,2-4H2,1H3. The van der Waals surface area contributed by atoms with Gasteiger partial charge < -0.3 is 9.15 Å². The van der Waals surface area contributed by atoms with Crippen LogP contribution in [0, 0.1) is 0 Å². The maximum atomic E-state index is 12.4. The highest BCUT2D eigenvalue weighted by molar-refractivity contribution is 9.10. The topological polar surface area (TPSA) is 56.5 Å². The molecule has 1 aliphatic rings. The van der Waals surface area contributed by atoms with Crippen LogP contribution in [-0.4, -0.2) is 13.1 Å². The summed E-state index contributed by atoms with van der Waals surface area (Å²) in [7, 11) is 1.36. The second-order valence-electron chi connectivity index (χ2n) is 5.68. The molecule has 0 amide bonds. The first-order chi connectivity index (χ1) is 11.1. The van der Waals surface area contributed by atoms with E-state index in [-0.39, 0.29) is 0 Å². The van der Waals surface area contributed by atoms with Crippen molar-refractivity contribution in [1.29, 1.82) is 0 Å². The summed E-state index contributed by atoms with van der Waals surface area (Å²) in [5.41, 5.74) is 2.68. The van der Waals surface area contributed by atoms with E-state index in [0.29, 0.717) is 16.5 Å². The molecule has 116 valence electrons. The second kappa shape index (κ2) is 5.20. The zero-order valence-electron chi connectivity index (χ0n) is 12.4. The lowest BCUT2D eigenvalue weighted by atomic mass is 9.94. The van der Waals surface area contributed by atoms with E-state index in [1.807, 2.05) is 12.1 Å². The van der Waals surface area contributed by atoms with Crippen molar-refractivity contribution in [1.82, 2.24) is 0 Å². The summed E-state index contributed by atoms with van der Waals surface area (Å²) in [5, 5.41) is 2.23. The van der Waals surface area contributed by atoms with Crippen molar-refractivity contribution in [3.8, 4) is 0 Å². The lowest BCUT2D eigenvalue weighted by Gasteiger charge is -2.12. The lowest BCUT2D eigenvalue weighted by Crippen LogP contribution is -2.09. The molecular formula is C18H13BrO4. The Morgan fingerprint density at radius 1 is 1.17 bits per heavy atom. The number of benzene rings is 2. The number of hydrogen-bond donors (Lipinski definition) is 0. The Kier molecular flexibility index (Phi) is 3.27. The van der Waals surface area contributed by atoms with Crippen molar-refractivity contribution < 1.29 is 13.9 Å². The van der Waals surface area contributed by atoms with Gasteiger partial charge in [0.25, 0.3) is 0 Å². The molecule has 0 aliphatic heterocycles. The molecule has 2 aromatic carbocycles. The zero-order chi connectivity index (χ0) is 16.1. The van der Waals surface area contributed by atoms with Crippen LogP contribution < -0.4 is 5.63 Å². The van der Waals surface area contributed by atoms with Crippen molar-refractivity contribution in [3.63, 3.8) is 0 Å². The van der Waals surface area contributed by atoms with Gasteiger partial charge in [0.2, 0.25) is 0 Å². The smallest absolute Gasteiger partial charge is 0.344 e. The fourth-order valence-corrected chi connectivity index (χ4v) is 3.85. The van der Waals surface area contributed by atoms with E-state index in [1.54, 1.807) is 12.1 Å². The molecule has 5 heteroatoms. The average Bonchev–Trinajstić information content (AvgIpc) is 3.03. The van der Waals surface area contributed by atoms with Crippen LogP contribution in [0.2, 0.25) is 0 Å². The molecule has 0 saturated heterocycles. The summed E-state index contributed by atoms with van der Waals surface area (Å²) >= 11 is 3.47. The van der Waals surface area contributed by atoms with Crippen LogP contribution in [0.1, 0.15) is 27.9 Å². The number of fused-ring (bicyclic) bond motifs is 5. The third-order valence-electron chi connectivity index (χ3n) is 4.44. The third-order valence-corrected chi connectivity index (χ3v) is 4.93. The molecule has 4 nitrogen and oxygen atoms in total. The van der Waals surface area contributed by atoms with Gasteiger partial charge in [-0.05, 0) is 54.7 Å². The van der Waals surface area contributed by atoms with E-state index in [0.717, 1.165) is 45.6 Å². The largest absolute Gasteiger partial charge is 0.465 e. The van der Waals surface area contributed by atoms with Crippen molar-refractivity contribution in [2.75, 3.05) is 7.11 Å². The summed E-state index contributed by atoms with van der Waals surface area (Å²) < 4.78 is 11.2. The normalized spacial score (nSPS) is 13.5. The van der Waals surface area contributed by atoms with Crippen LogP contribution in [0.5, 0.6) is 0 Å². The third kappa shape index (κ3) is 2.10. The van der Waals surface area contributed by atoms with Gasteiger partial charge in [-0.15, -0.1) is 0 Å². The summed E-state index contributed by atoms with van der Waals surface area (Å²) in [4.78, 5) is 24.5. The van der Waals surface area contributed by atoms with E-state index in [1.165, 1.54) is 7.11 Å². The van der Waals surface area contributed by atoms with Gasteiger partial charge in [-0.1, -0.05) is 15.9 Å². The number of carbonyl (C=O) groups is 1. The van der Waals surface area contributed by atoms with Gasteiger partial charge in [-0.2, -0.15) is 0 Å². The number of aryl methyl sites for hydroxylation is 1. The Balaban J connectivity index is 2.24. The number of hydrogen-bond acceptors (Lipinski definition) is 4. The summed E-state index contributed by atoms with van der Waals surface area (Å²) in [6.45, 7) is 0. The van der Waals surface area contributed by atoms with Crippen LogP contribution in [0.3, 0.4) is 0 Å². The first-order valence-electron chi connectivity index (χ1n) is 7.39. The summed E-state index contributed by atoms with van der Waals surface area (Å²) in [6.07, 6.45) is 2.64. The van der Waals surface area contributed by atoms with Crippen LogP contribution in [0.15, 0.2) is 37.9 Å². The molecule has 23 heavy (non-hydrogen) atoms. The van der Waals surface area contributed by atoms with E-state index >= 15 is 0 Å². The Morgan fingerprint density at radius 2 is 1.96 bits per heavy atom. The van der Waals surface area contributed by atoms with Gasteiger partial charge in [0.15, 0.2) is 0 Å². The van der Waals surface area contributed by atoms with Gasteiger partial charge in [0, 0.05) is 15.2 Å². The highest BCUT2D eigenvalue weighted by Gasteiger charge is 2.25. The molecule has 3 aromatic rings. The molecule has 1 aromatic heterocycles. The predicted molar refractivity (Wildman–Crippen MR) is 91.1 cm³/mol. The second-order valence-corrected chi connectivity index (χ2v) is 6.59. The quantitative estimate of drug-likeness (QED) is 0.368. The van der Waals surface area contributed by atoms with Crippen LogP contribution >= 0.6 is 15.9 Å². The molecule has 0 radical (unpaired) electrons. The van der Waals surface area contributed by atoms with Crippen LogP contribution in [0.4, 0.5) is 0 Å². The SMILES string of the molecule is COC(=O)c1cc2c(=O)oc3ccc(Br)cc3c2c2c1CCC2. The molecule has 1 heterocycles. The van der Waals surface area contributed by atoms with Gasteiger partial charge in [0.1, 0.15) is 5.58 Å². The van der Waals surface area contributed by atoms with Crippen molar-refractivity contribution >= 4 is 43.6 Å². The van der Waals surface area contributed by atoms with E-state index in [4.69, 9.17) is 9.15 Å². The molecule has 0 unspecified atom stereocenters. The lowest BCUT2D eigenvalue weighted by molar-refractivity contribution is 0.0600. The first kappa shape index (κ1) is 14.5. The maximum absolute atomic E-state index is 12.4. The fourth-order valence-electron chi connectivity index (χ4n) is 3.49. The highest BCUT2D eigenvalue weighted by Crippen LogP contribution is 2.36. The Bertz CT molecular complexity index is 1030. The zero-order valence-corrected chi connectivity index (χ0v) is 14.0. The number of esters is 1. The van der Waals surface area contributed by atoms with Crippen LogP contribution in [-0.2, 0) is 17.6 Å². The van der Waals surface area contributed by atoms with Crippen molar-refractivity contribution in [2.24, 2.45) is 0 Å². The van der Waals surface area contributed by atoms with Gasteiger partial charge >= 0.3 is 11.6 Å². The Hall–Kier alpha value is -2.14. The number of carbonyl (C=O) groups excluding carboxylic acids is 1. The summed E-state index contributed by atoms with van der Waals surface area (Å²) in [5.74, 6) is -0.404. The van der Waals surface area contributed by atoms with E-state index in [9.17, 15) is 9.59 Å². The number of halogens is 1. The van der Waals surface area contributed by atoms with Crippen molar-refractivity contribution in [3.05, 3.63) is 55.8 Å².